The van der Waals surface area contributed by atoms with E-state index in [-0.39, 0.29) is 18.0 Å². The third kappa shape index (κ3) is 1.98. The van der Waals surface area contributed by atoms with Crippen LogP contribution in [0.15, 0.2) is 18.2 Å². The highest BCUT2D eigenvalue weighted by Crippen LogP contribution is 2.38. The van der Waals surface area contributed by atoms with Crippen molar-refractivity contribution in [3.8, 4) is 0 Å². The Balaban J connectivity index is 1.86. The van der Waals surface area contributed by atoms with E-state index in [1.54, 1.807) is 6.07 Å². The van der Waals surface area contributed by atoms with Gasteiger partial charge in [-0.15, -0.1) is 0 Å². The fourth-order valence-corrected chi connectivity index (χ4v) is 2.78. The summed E-state index contributed by atoms with van der Waals surface area (Å²) in [4.78, 5) is 0. The average Bonchev–Trinajstić information content (AvgIpc) is 3.10. The number of benzene rings is 1. The molecule has 1 atom stereocenters. The summed E-state index contributed by atoms with van der Waals surface area (Å²) in [5.41, 5.74) is 1.80. The van der Waals surface area contributed by atoms with Crippen LogP contribution in [0.1, 0.15) is 30.4 Å². The number of rotatable bonds is 4. The van der Waals surface area contributed by atoms with E-state index in [4.69, 9.17) is 0 Å². The minimum atomic E-state index is -0.328. The SMILES string of the molecule is OCC1(NCC2CC2)CCc2cc(F)ccc21. The molecule has 0 spiro atoms. The fraction of sp³-hybridized carbons (Fsp3) is 0.571. The molecule has 1 saturated carbocycles. The number of aliphatic hydroxyl groups is 1. The van der Waals surface area contributed by atoms with Crippen LogP contribution in [0, 0.1) is 11.7 Å². The highest BCUT2D eigenvalue weighted by Gasteiger charge is 2.39. The van der Waals surface area contributed by atoms with Crippen LogP contribution in [0.25, 0.3) is 0 Å². The van der Waals surface area contributed by atoms with Crippen LogP contribution >= 0.6 is 0 Å². The Morgan fingerprint density at radius 3 is 2.94 bits per heavy atom. The standard InChI is InChI=1S/C14H18FNO/c15-12-3-4-13-11(7-12)5-6-14(13,9-17)16-8-10-1-2-10/h3-4,7,10,16-17H,1-2,5-6,8-9H2. The molecular weight excluding hydrogens is 217 g/mol. The first kappa shape index (κ1) is 11.2. The Morgan fingerprint density at radius 1 is 1.41 bits per heavy atom. The van der Waals surface area contributed by atoms with E-state index < -0.39 is 0 Å². The largest absolute Gasteiger partial charge is 0.394 e. The highest BCUT2D eigenvalue weighted by molar-refractivity contribution is 5.39. The van der Waals surface area contributed by atoms with Crippen LogP contribution in [0.3, 0.4) is 0 Å². The van der Waals surface area contributed by atoms with Crippen LogP contribution in [0.4, 0.5) is 4.39 Å². The van der Waals surface area contributed by atoms with Crippen molar-refractivity contribution in [2.75, 3.05) is 13.2 Å². The third-order valence-electron chi connectivity index (χ3n) is 4.10. The first-order valence-corrected chi connectivity index (χ1v) is 6.38. The minimum absolute atomic E-state index is 0.0956. The molecule has 0 aromatic heterocycles. The number of halogens is 1. The fourth-order valence-electron chi connectivity index (χ4n) is 2.78. The molecule has 0 heterocycles. The van der Waals surface area contributed by atoms with Crippen molar-refractivity contribution in [3.05, 3.63) is 35.1 Å². The van der Waals surface area contributed by atoms with E-state index in [0.29, 0.717) is 0 Å². The number of aryl methyl sites for hydroxylation is 1. The van der Waals surface area contributed by atoms with E-state index in [1.807, 2.05) is 6.07 Å². The molecular formula is C14H18FNO. The molecule has 3 heteroatoms. The van der Waals surface area contributed by atoms with Gasteiger partial charge in [0.2, 0.25) is 0 Å². The molecule has 0 saturated heterocycles. The second-order valence-corrected chi connectivity index (χ2v) is 5.37. The molecule has 1 aromatic carbocycles. The molecule has 2 aliphatic carbocycles. The van der Waals surface area contributed by atoms with Gasteiger partial charge in [-0.3, -0.25) is 0 Å². The van der Waals surface area contributed by atoms with E-state index in [1.165, 1.54) is 18.9 Å². The summed E-state index contributed by atoms with van der Waals surface area (Å²) in [7, 11) is 0. The summed E-state index contributed by atoms with van der Waals surface area (Å²) >= 11 is 0. The molecule has 2 N–H and O–H groups in total. The van der Waals surface area contributed by atoms with Gasteiger partial charge < -0.3 is 10.4 Å². The molecule has 2 nitrogen and oxygen atoms in total. The number of nitrogens with one attached hydrogen (secondary N) is 1. The van der Waals surface area contributed by atoms with Crippen LogP contribution in [-0.2, 0) is 12.0 Å². The summed E-state index contributed by atoms with van der Waals surface area (Å²) < 4.78 is 13.2. The second-order valence-electron chi connectivity index (χ2n) is 5.37. The number of hydrogen-bond donors (Lipinski definition) is 2. The average molecular weight is 235 g/mol. The molecule has 1 unspecified atom stereocenters. The van der Waals surface area contributed by atoms with Gasteiger partial charge in [0, 0.05) is 0 Å². The maximum absolute atomic E-state index is 13.2. The first-order chi connectivity index (χ1) is 8.23. The molecule has 92 valence electrons. The molecule has 2 aliphatic rings. The lowest BCUT2D eigenvalue weighted by Crippen LogP contribution is -2.44. The van der Waals surface area contributed by atoms with Crippen molar-refractivity contribution in [1.82, 2.24) is 5.32 Å². The van der Waals surface area contributed by atoms with E-state index >= 15 is 0 Å². The van der Waals surface area contributed by atoms with Crippen molar-refractivity contribution < 1.29 is 9.50 Å². The van der Waals surface area contributed by atoms with E-state index in [2.05, 4.69) is 5.32 Å². The molecule has 1 aromatic rings. The van der Waals surface area contributed by atoms with Gasteiger partial charge in [-0.1, -0.05) is 6.07 Å². The third-order valence-corrected chi connectivity index (χ3v) is 4.10. The van der Waals surface area contributed by atoms with Gasteiger partial charge in [-0.25, -0.2) is 4.39 Å². The van der Waals surface area contributed by atoms with Gasteiger partial charge in [-0.05, 0) is 61.4 Å². The van der Waals surface area contributed by atoms with Crippen molar-refractivity contribution >= 4 is 0 Å². The maximum atomic E-state index is 13.2. The smallest absolute Gasteiger partial charge is 0.123 e. The number of hydrogen-bond acceptors (Lipinski definition) is 2. The zero-order valence-corrected chi connectivity index (χ0v) is 9.88. The lowest BCUT2D eigenvalue weighted by Gasteiger charge is -2.30. The second kappa shape index (κ2) is 4.07. The van der Waals surface area contributed by atoms with Gasteiger partial charge >= 0.3 is 0 Å². The molecule has 3 rings (SSSR count). The predicted octanol–water partition coefficient (Wildman–Crippen LogP) is 1.96. The molecule has 0 radical (unpaired) electrons. The lowest BCUT2D eigenvalue weighted by atomic mass is 9.92. The Hall–Kier alpha value is -0.930. The van der Waals surface area contributed by atoms with Gasteiger partial charge in [0.05, 0.1) is 12.1 Å². The normalized spacial score (nSPS) is 27.2. The Labute approximate surface area is 101 Å². The van der Waals surface area contributed by atoms with Gasteiger partial charge in [0.25, 0.3) is 0 Å². The van der Waals surface area contributed by atoms with E-state index in [9.17, 15) is 9.50 Å². The summed E-state index contributed by atoms with van der Waals surface area (Å²) in [5, 5.41) is 13.2. The quantitative estimate of drug-likeness (QED) is 0.836. The van der Waals surface area contributed by atoms with Crippen molar-refractivity contribution in [2.24, 2.45) is 5.92 Å². The van der Waals surface area contributed by atoms with Crippen LogP contribution < -0.4 is 5.32 Å². The Bertz CT molecular complexity index is 430. The van der Waals surface area contributed by atoms with Gasteiger partial charge in [-0.2, -0.15) is 0 Å². The highest BCUT2D eigenvalue weighted by atomic mass is 19.1. The number of fused-ring (bicyclic) bond motifs is 1. The van der Waals surface area contributed by atoms with E-state index in [0.717, 1.165) is 36.4 Å². The molecule has 0 amide bonds. The van der Waals surface area contributed by atoms with Crippen LogP contribution in [0.5, 0.6) is 0 Å². The first-order valence-electron chi connectivity index (χ1n) is 6.38. The summed E-state index contributed by atoms with van der Waals surface area (Å²) in [6.07, 6.45) is 4.32. The summed E-state index contributed by atoms with van der Waals surface area (Å²) in [6.45, 7) is 1.07. The van der Waals surface area contributed by atoms with Crippen molar-refractivity contribution in [1.29, 1.82) is 0 Å². The predicted molar refractivity (Wildman–Crippen MR) is 64.2 cm³/mol. The summed E-state index contributed by atoms with van der Waals surface area (Å²) in [5.74, 6) is 0.600. The van der Waals surface area contributed by atoms with Gasteiger partial charge in [0.15, 0.2) is 0 Å². The topological polar surface area (TPSA) is 32.3 Å². The number of aliphatic hydroxyl groups excluding tert-OH is 1. The van der Waals surface area contributed by atoms with Crippen LogP contribution in [0.2, 0.25) is 0 Å². The zero-order valence-electron chi connectivity index (χ0n) is 9.88. The Morgan fingerprint density at radius 2 is 2.24 bits per heavy atom. The Kier molecular flexibility index (Phi) is 2.68. The monoisotopic (exact) mass is 235 g/mol. The minimum Gasteiger partial charge on any atom is -0.394 e. The molecule has 0 bridgehead atoms. The zero-order chi connectivity index (χ0) is 11.9. The van der Waals surface area contributed by atoms with Crippen molar-refractivity contribution in [2.45, 2.75) is 31.2 Å². The maximum Gasteiger partial charge on any atom is 0.123 e. The van der Waals surface area contributed by atoms with Gasteiger partial charge in [0.1, 0.15) is 5.82 Å². The molecule has 0 aliphatic heterocycles. The lowest BCUT2D eigenvalue weighted by molar-refractivity contribution is 0.159. The molecule has 17 heavy (non-hydrogen) atoms. The van der Waals surface area contributed by atoms with Crippen LogP contribution in [-0.4, -0.2) is 18.3 Å². The molecule has 1 fully saturated rings. The summed E-state index contributed by atoms with van der Waals surface area (Å²) in [6, 6.07) is 4.92. The van der Waals surface area contributed by atoms with Crippen molar-refractivity contribution in [3.63, 3.8) is 0 Å².